The molecule has 2 atom stereocenters. The zero-order valence-electron chi connectivity index (χ0n) is 11.9. The van der Waals surface area contributed by atoms with E-state index in [1.807, 2.05) is 0 Å². The van der Waals surface area contributed by atoms with Crippen LogP contribution in [-0.4, -0.2) is 31.0 Å². The van der Waals surface area contributed by atoms with Crippen LogP contribution in [-0.2, 0) is 10.0 Å². The highest BCUT2D eigenvalue weighted by Gasteiger charge is 2.24. The zero-order chi connectivity index (χ0) is 15.5. The Bertz CT molecular complexity index is 598. The lowest BCUT2D eigenvalue weighted by atomic mass is 9.81. The van der Waals surface area contributed by atoms with Gasteiger partial charge in [-0.15, -0.1) is 0 Å². The average Bonchev–Trinajstić information content (AvgIpc) is 2.46. The van der Waals surface area contributed by atoms with Gasteiger partial charge >= 0.3 is 5.97 Å². The summed E-state index contributed by atoms with van der Waals surface area (Å²) in [6.07, 6.45) is 5.58. The van der Waals surface area contributed by atoms with Gasteiger partial charge in [-0.3, -0.25) is 0 Å². The number of nitrogens with one attached hydrogen (secondary N) is 1. The van der Waals surface area contributed by atoms with E-state index in [0.29, 0.717) is 18.4 Å². The lowest BCUT2D eigenvalue weighted by molar-refractivity contribution is 0.0696. The molecule has 2 N–H and O–H groups in total. The van der Waals surface area contributed by atoms with Gasteiger partial charge in [0.1, 0.15) is 0 Å². The highest BCUT2D eigenvalue weighted by molar-refractivity contribution is 7.89. The molecule has 116 valence electrons. The molecule has 6 nitrogen and oxygen atoms in total. The van der Waals surface area contributed by atoms with Crippen molar-refractivity contribution in [1.29, 1.82) is 0 Å². The molecule has 0 aromatic carbocycles. The van der Waals surface area contributed by atoms with Crippen molar-refractivity contribution in [2.45, 2.75) is 37.6 Å². The summed E-state index contributed by atoms with van der Waals surface area (Å²) in [5, 5.41) is 8.63. The SMILES string of the molecule is CC1CCCCC1CNS(=O)(=O)c1ccc(C(=O)O)cn1. The van der Waals surface area contributed by atoms with Gasteiger partial charge in [-0.2, -0.15) is 0 Å². The molecule has 0 amide bonds. The molecule has 1 aromatic heterocycles. The first-order valence-corrected chi connectivity index (χ1v) is 8.57. The van der Waals surface area contributed by atoms with E-state index in [2.05, 4.69) is 16.6 Å². The van der Waals surface area contributed by atoms with Gasteiger partial charge in [-0.25, -0.2) is 22.9 Å². The Morgan fingerprint density at radius 2 is 2.10 bits per heavy atom. The molecule has 0 spiro atoms. The van der Waals surface area contributed by atoms with Crippen molar-refractivity contribution in [2.24, 2.45) is 11.8 Å². The first kappa shape index (κ1) is 15.9. The van der Waals surface area contributed by atoms with E-state index in [1.54, 1.807) is 0 Å². The van der Waals surface area contributed by atoms with Gasteiger partial charge in [0, 0.05) is 12.7 Å². The van der Waals surface area contributed by atoms with E-state index in [4.69, 9.17) is 5.11 Å². The number of nitrogens with zero attached hydrogens (tertiary/aromatic N) is 1. The molecule has 1 aliphatic rings. The minimum atomic E-state index is -3.68. The second-order valence-corrected chi connectivity index (χ2v) is 7.28. The molecular formula is C14H20N2O4S. The van der Waals surface area contributed by atoms with Crippen LogP contribution >= 0.6 is 0 Å². The largest absolute Gasteiger partial charge is 0.478 e. The van der Waals surface area contributed by atoms with E-state index in [9.17, 15) is 13.2 Å². The van der Waals surface area contributed by atoms with Gasteiger partial charge in [0.2, 0.25) is 0 Å². The van der Waals surface area contributed by atoms with Crippen molar-refractivity contribution in [3.8, 4) is 0 Å². The number of carbonyl (C=O) groups is 1. The summed E-state index contributed by atoms with van der Waals surface area (Å²) in [6.45, 7) is 2.56. The Morgan fingerprint density at radius 1 is 1.38 bits per heavy atom. The highest BCUT2D eigenvalue weighted by Crippen LogP contribution is 2.29. The molecule has 1 heterocycles. The monoisotopic (exact) mass is 312 g/mol. The molecule has 2 unspecified atom stereocenters. The third-order valence-electron chi connectivity index (χ3n) is 4.08. The van der Waals surface area contributed by atoms with Crippen molar-refractivity contribution in [3.05, 3.63) is 23.9 Å². The molecule has 21 heavy (non-hydrogen) atoms. The zero-order valence-corrected chi connectivity index (χ0v) is 12.8. The molecule has 2 rings (SSSR count). The van der Waals surface area contributed by atoms with Crippen LogP contribution in [0.5, 0.6) is 0 Å². The minimum Gasteiger partial charge on any atom is -0.478 e. The van der Waals surface area contributed by atoms with Gasteiger partial charge in [-0.05, 0) is 30.4 Å². The highest BCUT2D eigenvalue weighted by atomic mass is 32.2. The fourth-order valence-corrected chi connectivity index (χ4v) is 3.67. The molecule has 0 saturated heterocycles. The Kier molecular flexibility index (Phi) is 4.95. The number of aromatic nitrogens is 1. The van der Waals surface area contributed by atoms with Crippen LogP contribution in [0.1, 0.15) is 43.0 Å². The van der Waals surface area contributed by atoms with Crippen LogP contribution in [0, 0.1) is 11.8 Å². The van der Waals surface area contributed by atoms with Crippen molar-refractivity contribution in [2.75, 3.05) is 6.54 Å². The lowest BCUT2D eigenvalue weighted by Gasteiger charge is -2.28. The number of carboxylic acids is 1. The lowest BCUT2D eigenvalue weighted by Crippen LogP contribution is -2.33. The number of carboxylic acid groups (broad SMARTS) is 1. The Balaban J connectivity index is 2.02. The van der Waals surface area contributed by atoms with Crippen molar-refractivity contribution in [3.63, 3.8) is 0 Å². The van der Waals surface area contributed by atoms with Crippen LogP contribution < -0.4 is 4.72 Å². The maximum absolute atomic E-state index is 12.1. The van der Waals surface area contributed by atoms with Gasteiger partial charge in [0.15, 0.2) is 5.03 Å². The van der Waals surface area contributed by atoms with Crippen LogP contribution in [0.25, 0.3) is 0 Å². The van der Waals surface area contributed by atoms with Gasteiger partial charge < -0.3 is 5.11 Å². The average molecular weight is 312 g/mol. The van der Waals surface area contributed by atoms with Gasteiger partial charge in [0.25, 0.3) is 10.0 Å². The summed E-state index contributed by atoms with van der Waals surface area (Å²) in [7, 11) is -3.68. The molecule has 7 heteroatoms. The molecular weight excluding hydrogens is 292 g/mol. The normalized spacial score (nSPS) is 22.9. The van der Waals surface area contributed by atoms with Gasteiger partial charge in [0.05, 0.1) is 5.56 Å². The van der Waals surface area contributed by atoms with Crippen molar-refractivity contribution in [1.82, 2.24) is 9.71 Å². The van der Waals surface area contributed by atoms with Crippen LogP contribution in [0.4, 0.5) is 0 Å². The molecule has 1 fully saturated rings. The first-order valence-electron chi connectivity index (χ1n) is 7.09. The second-order valence-electron chi connectivity index (χ2n) is 5.56. The minimum absolute atomic E-state index is 0.0325. The number of hydrogen-bond donors (Lipinski definition) is 2. The molecule has 1 saturated carbocycles. The van der Waals surface area contributed by atoms with Crippen molar-refractivity contribution < 1.29 is 18.3 Å². The van der Waals surface area contributed by atoms with E-state index < -0.39 is 16.0 Å². The standard InChI is InChI=1S/C14H20N2O4S/c1-10-4-2-3-5-11(10)9-16-21(19,20)13-7-6-12(8-15-13)14(17)18/h6-8,10-11,16H,2-5,9H2,1H3,(H,17,18). The van der Waals surface area contributed by atoms with Gasteiger partial charge in [-0.1, -0.05) is 26.2 Å². The third kappa shape index (κ3) is 4.01. The summed E-state index contributed by atoms with van der Waals surface area (Å²) in [4.78, 5) is 14.4. The Labute approximate surface area is 124 Å². The number of pyridine rings is 1. The smallest absolute Gasteiger partial charge is 0.337 e. The van der Waals surface area contributed by atoms with E-state index in [0.717, 1.165) is 25.5 Å². The Morgan fingerprint density at radius 3 is 2.67 bits per heavy atom. The van der Waals surface area contributed by atoms with Crippen LogP contribution in [0.3, 0.4) is 0 Å². The van der Waals surface area contributed by atoms with Crippen LogP contribution in [0.2, 0.25) is 0 Å². The van der Waals surface area contributed by atoms with Crippen LogP contribution in [0.15, 0.2) is 23.4 Å². The van der Waals surface area contributed by atoms with E-state index in [1.165, 1.54) is 18.6 Å². The molecule has 0 aliphatic heterocycles. The maximum Gasteiger partial charge on any atom is 0.337 e. The summed E-state index contributed by atoms with van der Waals surface area (Å²) in [6, 6.07) is 2.46. The Hall–Kier alpha value is -1.47. The summed E-state index contributed by atoms with van der Waals surface area (Å²) >= 11 is 0. The first-order chi connectivity index (χ1) is 9.90. The summed E-state index contributed by atoms with van der Waals surface area (Å²) in [5.41, 5.74) is -0.0325. The summed E-state index contributed by atoms with van der Waals surface area (Å²) < 4.78 is 26.9. The predicted molar refractivity (Wildman–Crippen MR) is 77.5 cm³/mol. The van der Waals surface area contributed by atoms with Crippen molar-refractivity contribution >= 4 is 16.0 Å². The summed E-state index contributed by atoms with van der Waals surface area (Å²) in [5.74, 6) is -0.258. The third-order valence-corrected chi connectivity index (χ3v) is 5.42. The number of rotatable bonds is 5. The predicted octanol–water partition coefficient (Wildman–Crippen LogP) is 1.88. The number of hydrogen-bond acceptors (Lipinski definition) is 4. The molecule has 0 bridgehead atoms. The fourth-order valence-electron chi connectivity index (χ4n) is 2.65. The maximum atomic E-state index is 12.1. The van der Waals surface area contributed by atoms with E-state index >= 15 is 0 Å². The molecule has 1 aliphatic carbocycles. The topological polar surface area (TPSA) is 96.4 Å². The molecule has 1 aromatic rings. The fraction of sp³-hybridized carbons (Fsp3) is 0.571. The number of aromatic carboxylic acids is 1. The molecule has 0 radical (unpaired) electrons. The quantitative estimate of drug-likeness (QED) is 0.865. The second kappa shape index (κ2) is 6.53. The number of sulfonamides is 1. The van der Waals surface area contributed by atoms with E-state index in [-0.39, 0.29) is 10.6 Å².